The van der Waals surface area contributed by atoms with Crippen molar-refractivity contribution >= 4 is 20.4 Å². The highest BCUT2D eigenvalue weighted by molar-refractivity contribution is 6.74. The molecule has 0 radical (unpaired) electrons. The van der Waals surface area contributed by atoms with Crippen LogP contribution in [0.25, 0.3) is 6.08 Å². The Morgan fingerprint density at radius 3 is 2.35 bits per heavy atom. The quantitative estimate of drug-likeness (QED) is 0.325. The average Bonchev–Trinajstić information content (AvgIpc) is 2.58. The van der Waals surface area contributed by atoms with Gasteiger partial charge >= 0.3 is 5.97 Å². The summed E-state index contributed by atoms with van der Waals surface area (Å²) in [5, 5.41) is 0.139. The molecule has 0 aliphatic rings. The van der Waals surface area contributed by atoms with Gasteiger partial charge in [0.25, 0.3) is 0 Å². The molecule has 0 aliphatic heterocycles. The molecule has 0 fully saturated rings. The van der Waals surface area contributed by atoms with Crippen molar-refractivity contribution in [1.29, 1.82) is 0 Å². The minimum atomic E-state index is -1.91. The van der Waals surface area contributed by atoms with Crippen molar-refractivity contribution in [3.05, 3.63) is 54.1 Å². The Morgan fingerprint density at radius 2 is 1.81 bits per heavy atom. The fraction of sp³-hybridized carbons (Fsp3) is 0.500. The topological polar surface area (TPSA) is 35.5 Å². The highest BCUT2D eigenvalue weighted by Crippen LogP contribution is 2.38. The first kappa shape index (κ1) is 22.4. The number of benzene rings is 1. The van der Waals surface area contributed by atoms with Crippen LogP contribution in [0.2, 0.25) is 18.1 Å². The maximum absolute atomic E-state index is 11.4. The van der Waals surface area contributed by atoms with Gasteiger partial charge in [-0.25, -0.2) is 4.79 Å². The highest BCUT2D eigenvalue weighted by atomic mass is 28.4. The summed E-state index contributed by atoms with van der Waals surface area (Å²) in [7, 11) is -0.518. The summed E-state index contributed by atoms with van der Waals surface area (Å²) in [5.41, 5.74) is 1.18. The van der Waals surface area contributed by atoms with Gasteiger partial charge in [-0.2, -0.15) is 0 Å². The van der Waals surface area contributed by atoms with Gasteiger partial charge in [0.15, 0.2) is 8.32 Å². The van der Waals surface area contributed by atoms with E-state index in [1.165, 1.54) is 18.7 Å². The molecule has 26 heavy (non-hydrogen) atoms. The van der Waals surface area contributed by atoms with E-state index < -0.39 is 8.32 Å². The molecular formula is C22H34O3Si. The highest BCUT2D eigenvalue weighted by Gasteiger charge is 2.39. The van der Waals surface area contributed by atoms with Crippen LogP contribution < -0.4 is 0 Å². The molecule has 0 aromatic heterocycles. The van der Waals surface area contributed by atoms with Gasteiger partial charge in [0.2, 0.25) is 0 Å². The number of carbonyl (C=O) groups is 1. The van der Waals surface area contributed by atoms with E-state index in [4.69, 9.17) is 4.43 Å². The van der Waals surface area contributed by atoms with Crippen molar-refractivity contribution < 1.29 is 14.0 Å². The molecule has 1 aromatic carbocycles. The summed E-state index contributed by atoms with van der Waals surface area (Å²) in [4.78, 5) is 11.4. The predicted molar refractivity (Wildman–Crippen MR) is 112 cm³/mol. The number of hydrogen-bond donors (Lipinski definition) is 0. The molecule has 1 rings (SSSR count). The summed E-state index contributed by atoms with van der Waals surface area (Å²) >= 11 is 0. The molecule has 0 amide bonds. The molecule has 3 nitrogen and oxygen atoms in total. The molecule has 144 valence electrons. The third kappa shape index (κ3) is 7.30. The van der Waals surface area contributed by atoms with Crippen molar-refractivity contribution in [2.24, 2.45) is 5.92 Å². The van der Waals surface area contributed by atoms with E-state index in [1.807, 2.05) is 24.3 Å². The van der Waals surface area contributed by atoms with E-state index in [9.17, 15) is 4.79 Å². The molecule has 0 N–H and O–H groups in total. The summed E-state index contributed by atoms with van der Waals surface area (Å²) in [6, 6.07) is 10.3. The normalized spacial score (nSPS) is 15.3. The standard InChI is InChI=1S/C22H34O3Si/c1-18(16-17-19-12-9-8-10-13-19)20(14-11-15-21(23)24-5)25-26(6,7)22(2,3)4/h8-13,15-18,20H,14H2,1-7H3/t18-,20+/m1/s1. The Balaban J connectivity index is 2.93. The monoisotopic (exact) mass is 374 g/mol. The van der Waals surface area contributed by atoms with Gasteiger partial charge in [-0.15, -0.1) is 0 Å². The van der Waals surface area contributed by atoms with Gasteiger partial charge in [0.05, 0.1) is 13.2 Å². The summed E-state index contributed by atoms with van der Waals surface area (Å²) in [6.45, 7) is 13.4. The molecule has 0 bridgehead atoms. The average molecular weight is 375 g/mol. The summed E-state index contributed by atoms with van der Waals surface area (Å²) in [6.07, 6.45) is 8.38. The van der Waals surface area contributed by atoms with Gasteiger partial charge in [-0.05, 0) is 36.0 Å². The van der Waals surface area contributed by atoms with Crippen LogP contribution in [0.5, 0.6) is 0 Å². The number of esters is 1. The maximum Gasteiger partial charge on any atom is 0.330 e. The molecule has 1 aromatic rings. The number of rotatable bonds is 8. The fourth-order valence-electron chi connectivity index (χ4n) is 2.24. The molecule has 0 saturated heterocycles. The van der Waals surface area contributed by atoms with Crippen molar-refractivity contribution in [2.75, 3.05) is 7.11 Å². The van der Waals surface area contributed by atoms with Crippen LogP contribution in [-0.2, 0) is 14.0 Å². The lowest BCUT2D eigenvalue weighted by molar-refractivity contribution is -0.134. The second-order valence-corrected chi connectivity index (χ2v) is 13.0. The lowest BCUT2D eigenvalue weighted by Gasteiger charge is -2.40. The Bertz CT molecular complexity index is 612. The molecule has 0 unspecified atom stereocenters. The molecule has 4 heteroatoms. The van der Waals surface area contributed by atoms with Crippen LogP contribution in [0.3, 0.4) is 0 Å². The van der Waals surface area contributed by atoms with Crippen LogP contribution in [0.15, 0.2) is 48.6 Å². The summed E-state index contributed by atoms with van der Waals surface area (Å²) < 4.78 is 11.3. The Hall–Kier alpha value is -1.65. The zero-order chi connectivity index (χ0) is 19.8. The van der Waals surface area contributed by atoms with Gasteiger partial charge in [-0.3, -0.25) is 0 Å². The summed E-state index contributed by atoms with van der Waals surface area (Å²) in [5.74, 6) is -0.102. The molecule has 0 saturated carbocycles. The smallest absolute Gasteiger partial charge is 0.330 e. The zero-order valence-electron chi connectivity index (χ0n) is 17.3. The lowest BCUT2D eigenvalue weighted by Crippen LogP contribution is -2.45. The van der Waals surface area contributed by atoms with Crippen LogP contribution in [0, 0.1) is 5.92 Å². The Kier molecular flexibility index (Phi) is 8.51. The first-order chi connectivity index (χ1) is 12.1. The zero-order valence-corrected chi connectivity index (χ0v) is 18.3. The first-order valence-corrected chi connectivity index (χ1v) is 12.1. The van der Waals surface area contributed by atoms with Crippen LogP contribution in [-0.4, -0.2) is 27.5 Å². The third-order valence-corrected chi connectivity index (χ3v) is 9.56. The van der Waals surface area contributed by atoms with E-state index in [0.29, 0.717) is 6.42 Å². The van der Waals surface area contributed by atoms with Crippen molar-refractivity contribution in [1.82, 2.24) is 0 Å². The van der Waals surface area contributed by atoms with E-state index in [0.717, 1.165) is 0 Å². The minimum absolute atomic E-state index is 0.0248. The molecular weight excluding hydrogens is 340 g/mol. The second-order valence-electron chi connectivity index (χ2n) is 8.21. The van der Waals surface area contributed by atoms with Crippen molar-refractivity contribution in [3.63, 3.8) is 0 Å². The van der Waals surface area contributed by atoms with E-state index >= 15 is 0 Å². The number of hydrogen-bond acceptors (Lipinski definition) is 3. The van der Waals surface area contributed by atoms with E-state index in [2.05, 4.69) is 69.8 Å². The Labute approximate surface area is 160 Å². The number of ether oxygens (including phenoxy) is 1. The molecule has 0 spiro atoms. The van der Waals surface area contributed by atoms with Crippen molar-refractivity contribution in [3.8, 4) is 0 Å². The first-order valence-electron chi connectivity index (χ1n) is 9.22. The predicted octanol–water partition coefficient (Wildman–Crippen LogP) is 5.85. The Morgan fingerprint density at radius 1 is 1.19 bits per heavy atom. The van der Waals surface area contributed by atoms with E-state index in [1.54, 1.807) is 0 Å². The molecule has 2 atom stereocenters. The number of methoxy groups -OCH3 is 1. The van der Waals surface area contributed by atoms with Gasteiger partial charge in [-0.1, -0.05) is 76.3 Å². The maximum atomic E-state index is 11.4. The SMILES string of the molecule is COC(=O)C=CC[C@H](O[Si](C)(C)C(C)(C)C)[C@H](C)C=Cc1ccccc1. The van der Waals surface area contributed by atoms with Crippen LogP contribution in [0.4, 0.5) is 0 Å². The number of carbonyl (C=O) groups excluding carboxylic acids is 1. The van der Waals surface area contributed by atoms with Gasteiger partial charge in [0.1, 0.15) is 0 Å². The van der Waals surface area contributed by atoms with Crippen molar-refractivity contribution in [2.45, 2.75) is 58.4 Å². The third-order valence-electron chi connectivity index (χ3n) is 5.05. The fourth-order valence-corrected chi connectivity index (χ4v) is 3.66. The molecule has 0 heterocycles. The second kappa shape index (κ2) is 9.88. The minimum Gasteiger partial charge on any atom is -0.466 e. The lowest BCUT2D eigenvalue weighted by atomic mass is 10.00. The van der Waals surface area contributed by atoms with E-state index in [-0.39, 0.29) is 23.0 Å². The largest absolute Gasteiger partial charge is 0.466 e. The van der Waals surface area contributed by atoms with Crippen LogP contribution >= 0.6 is 0 Å². The van der Waals surface area contributed by atoms with Gasteiger partial charge < -0.3 is 9.16 Å². The van der Waals surface area contributed by atoms with Crippen LogP contribution in [0.1, 0.15) is 39.7 Å². The molecule has 0 aliphatic carbocycles. The van der Waals surface area contributed by atoms with Gasteiger partial charge in [0, 0.05) is 6.08 Å².